The molecular formula is C16H26N2O2S. The summed E-state index contributed by atoms with van der Waals surface area (Å²) in [4.78, 5) is 0.420. The molecule has 1 saturated heterocycles. The average molecular weight is 310 g/mol. The van der Waals surface area contributed by atoms with Gasteiger partial charge in [0.15, 0.2) is 0 Å². The number of hydrogen-bond acceptors (Lipinski definition) is 3. The quantitative estimate of drug-likeness (QED) is 0.933. The number of hydrogen-bond donors (Lipinski definition) is 1. The van der Waals surface area contributed by atoms with Crippen molar-refractivity contribution in [3.05, 3.63) is 28.8 Å². The number of benzene rings is 1. The topological polar surface area (TPSA) is 63.4 Å². The molecule has 2 atom stereocenters. The highest BCUT2D eigenvalue weighted by atomic mass is 32.2. The molecular weight excluding hydrogens is 284 g/mol. The van der Waals surface area contributed by atoms with Gasteiger partial charge in [-0.25, -0.2) is 8.42 Å². The molecule has 0 bridgehead atoms. The van der Waals surface area contributed by atoms with E-state index in [1.807, 2.05) is 33.8 Å². The molecule has 0 aliphatic carbocycles. The van der Waals surface area contributed by atoms with Crippen molar-refractivity contribution in [2.45, 2.75) is 70.5 Å². The minimum absolute atomic E-state index is 0.0555. The first-order chi connectivity index (χ1) is 9.78. The summed E-state index contributed by atoms with van der Waals surface area (Å²) in [7, 11) is -3.47. The summed E-state index contributed by atoms with van der Waals surface area (Å²) in [5, 5.41) is 0. The van der Waals surface area contributed by atoms with Gasteiger partial charge < -0.3 is 5.73 Å². The predicted octanol–water partition coefficient (Wildman–Crippen LogP) is 2.71. The SMILES string of the molecule is Cc1cc(CN)cc(S(=O)(=O)N2[C@H](C)CCC[C@@H]2C)c1C. The maximum Gasteiger partial charge on any atom is 0.243 e. The van der Waals surface area contributed by atoms with Crippen LogP contribution < -0.4 is 5.73 Å². The molecule has 1 aliphatic rings. The van der Waals surface area contributed by atoms with E-state index in [9.17, 15) is 8.42 Å². The second kappa shape index (κ2) is 6.07. The van der Waals surface area contributed by atoms with Crippen molar-refractivity contribution in [2.24, 2.45) is 5.73 Å². The van der Waals surface area contributed by atoms with Crippen molar-refractivity contribution in [3.8, 4) is 0 Å². The van der Waals surface area contributed by atoms with Crippen molar-refractivity contribution < 1.29 is 8.42 Å². The maximum atomic E-state index is 13.1. The van der Waals surface area contributed by atoms with E-state index >= 15 is 0 Å². The van der Waals surface area contributed by atoms with Gasteiger partial charge in [-0.2, -0.15) is 4.31 Å². The fourth-order valence-corrected chi connectivity index (χ4v) is 5.50. The number of piperidine rings is 1. The summed E-state index contributed by atoms with van der Waals surface area (Å²) in [6, 6.07) is 3.82. The molecule has 1 heterocycles. The molecule has 0 amide bonds. The van der Waals surface area contributed by atoms with Crippen molar-refractivity contribution in [3.63, 3.8) is 0 Å². The third-order valence-electron chi connectivity index (χ3n) is 4.58. The van der Waals surface area contributed by atoms with E-state index in [2.05, 4.69) is 0 Å². The fourth-order valence-electron chi connectivity index (χ4n) is 3.27. The van der Waals surface area contributed by atoms with E-state index in [0.717, 1.165) is 36.0 Å². The largest absolute Gasteiger partial charge is 0.326 e. The van der Waals surface area contributed by atoms with Gasteiger partial charge >= 0.3 is 0 Å². The lowest BCUT2D eigenvalue weighted by Crippen LogP contribution is -2.47. The second-order valence-electron chi connectivity index (χ2n) is 6.20. The van der Waals surface area contributed by atoms with Crippen LogP contribution in [0.25, 0.3) is 0 Å². The summed E-state index contributed by atoms with van der Waals surface area (Å²) < 4.78 is 28.0. The van der Waals surface area contributed by atoms with Crippen LogP contribution in [-0.4, -0.2) is 24.8 Å². The Bertz CT molecular complexity index is 615. The first-order valence-electron chi connectivity index (χ1n) is 7.62. The molecule has 21 heavy (non-hydrogen) atoms. The Morgan fingerprint density at radius 2 is 1.76 bits per heavy atom. The number of aryl methyl sites for hydroxylation is 1. The standard InChI is InChI=1S/C16H26N2O2S/c1-11-8-15(10-17)9-16(14(11)4)21(19,20)18-12(2)6-5-7-13(18)3/h8-9,12-13H,5-7,10,17H2,1-4H3/t12-,13+. The van der Waals surface area contributed by atoms with Crippen molar-refractivity contribution >= 4 is 10.0 Å². The van der Waals surface area contributed by atoms with Gasteiger partial charge in [0.25, 0.3) is 0 Å². The summed E-state index contributed by atoms with van der Waals surface area (Å²) >= 11 is 0. The van der Waals surface area contributed by atoms with E-state index in [1.165, 1.54) is 0 Å². The van der Waals surface area contributed by atoms with Crippen LogP contribution in [0.1, 0.15) is 49.8 Å². The number of nitrogens with two attached hydrogens (primary N) is 1. The van der Waals surface area contributed by atoms with E-state index in [-0.39, 0.29) is 12.1 Å². The summed E-state index contributed by atoms with van der Waals surface area (Å²) in [5.41, 5.74) is 8.39. The van der Waals surface area contributed by atoms with Crippen molar-refractivity contribution in [1.82, 2.24) is 4.31 Å². The summed E-state index contributed by atoms with van der Waals surface area (Å²) in [6.07, 6.45) is 2.95. The lowest BCUT2D eigenvalue weighted by Gasteiger charge is -2.38. The van der Waals surface area contributed by atoms with Gasteiger partial charge in [-0.05, 0) is 63.3 Å². The Balaban J connectivity index is 2.55. The number of nitrogens with zero attached hydrogens (tertiary/aromatic N) is 1. The highest BCUT2D eigenvalue weighted by molar-refractivity contribution is 7.89. The Kier molecular flexibility index (Phi) is 4.76. The highest BCUT2D eigenvalue weighted by Crippen LogP contribution is 2.32. The predicted molar refractivity (Wildman–Crippen MR) is 85.6 cm³/mol. The van der Waals surface area contributed by atoms with Gasteiger partial charge in [0.2, 0.25) is 10.0 Å². The average Bonchev–Trinajstić information content (AvgIpc) is 2.41. The second-order valence-corrected chi connectivity index (χ2v) is 8.02. The Morgan fingerprint density at radius 1 is 1.19 bits per heavy atom. The zero-order chi connectivity index (χ0) is 15.8. The van der Waals surface area contributed by atoms with Crippen molar-refractivity contribution in [1.29, 1.82) is 0 Å². The van der Waals surface area contributed by atoms with E-state index in [0.29, 0.717) is 11.4 Å². The third kappa shape index (κ3) is 3.00. The van der Waals surface area contributed by atoms with E-state index in [4.69, 9.17) is 5.73 Å². The zero-order valence-corrected chi connectivity index (χ0v) is 14.2. The molecule has 4 nitrogen and oxygen atoms in total. The van der Waals surface area contributed by atoms with E-state index < -0.39 is 10.0 Å². The monoisotopic (exact) mass is 310 g/mol. The van der Waals surface area contributed by atoms with Crippen LogP contribution in [-0.2, 0) is 16.6 Å². The van der Waals surface area contributed by atoms with Gasteiger partial charge in [-0.1, -0.05) is 12.5 Å². The maximum absolute atomic E-state index is 13.1. The molecule has 0 aromatic heterocycles. The van der Waals surface area contributed by atoms with Crippen LogP contribution in [0.3, 0.4) is 0 Å². The lowest BCUT2D eigenvalue weighted by atomic mass is 10.0. The van der Waals surface area contributed by atoms with Crippen molar-refractivity contribution in [2.75, 3.05) is 0 Å². The van der Waals surface area contributed by atoms with Gasteiger partial charge in [0, 0.05) is 18.6 Å². The minimum Gasteiger partial charge on any atom is -0.326 e. The molecule has 0 spiro atoms. The van der Waals surface area contributed by atoms with Gasteiger partial charge in [-0.3, -0.25) is 0 Å². The van der Waals surface area contributed by atoms with Crippen LogP contribution >= 0.6 is 0 Å². The van der Waals surface area contributed by atoms with Crippen LogP contribution in [0.15, 0.2) is 17.0 Å². The summed E-state index contributed by atoms with van der Waals surface area (Å²) in [5.74, 6) is 0. The Labute approximate surface area is 128 Å². The Hall–Kier alpha value is -0.910. The minimum atomic E-state index is -3.47. The van der Waals surface area contributed by atoms with Crippen LogP contribution in [0.4, 0.5) is 0 Å². The molecule has 2 rings (SSSR count). The zero-order valence-electron chi connectivity index (χ0n) is 13.4. The fraction of sp³-hybridized carbons (Fsp3) is 0.625. The molecule has 1 aromatic rings. The molecule has 0 saturated carbocycles. The normalized spacial score (nSPS) is 24.2. The van der Waals surface area contributed by atoms with E-state index in [1.54, 1.807) is 10.4 Å². The molecule has 0 unspecified atom stereocenters. The molecule has 5 heteroatoms. The first-order valence-corrected chi connectivity index (χ1v) is 9.06. The van der Waals surface area contributed by atoms with Gasteiger partial charge in [0.1, 0.15) is 0 Å². The first kappa shape index (κ1) is 16.5. The molecule has 1 aliphatic heterocycles. The summed E-state index contributed by atoms with van der Waals surface area (Å²) in [6.45, 7) is 8.18. The van der Waals surface area contributed by atoms with Gasteiger partial charge in [0.05, 0.1) is 4.90 Å². The molecule has 118 valence electrons. The lowest BCUT2D eigenvalue weighted by molar-refractivity contribution is 0.204. The smallest absolute Gasteiger partial charge is 0.243 e. The number of sulfonamides is 1. The van der Waals surface area contributed by atoms with Crippen LogP contribution in [0, 0.1) is 13.8 Å². The van der Waals surface area contributed by atoms with Gasteiger partial charge in [-0.15, -0.1) is 0 Å². The van der Waals surface area contributed by atoms with Crippen LogP contribution in [0.5, 0.6) is 0 Å². The van der Waals surface area contributed by atoms with Crippen LogP contribution in [0.2, 0.25) is 0 Å². The molecule has 1 aromatic carbocycles. The highest BCUT2D eigenvalue weighted by Gasteiger charge is 2.36. The molecule has 0 radical (unpaired) electrons. The number of rotatable bonds is 3. The third-order valence-corrected chi connectivity index (χ3v) is 6.84. The molecule has 2 N–H and O–H groups in total. The Morgan fingerprint density at radius 3 is 2.29 bits per heavy atom. The molecule has 1 fully saturated rings.